The molecule has 0 spiro atoms. The molecule has 0 aromatic heterocycles. The van der Waals surface area contributed by atoms with Gasteiger partial charge in [0.05, 0.1) is 12.0 Å². The van der Waals surface area contributed by atoms with Crippen molar-refractivity contribution in [1.82, 2.24) is 4.72 Å². The smallest absolute Gasteiger partial charge is 0.240 e. The minimum atomic E-state index is -3.40. The molecule has 0 bridgehead atoms. The molecule has 0 saturated heterocycles. The van der Waals surface area contributed by atoms with Crippen LogP contribution < -0.4 is 9.46 Å². The van der Waals surface area contributed by atoms with E-state index in [9.17, 15) is 8.42 Å². The second kappa shape index (κ2) is 4.43. The van der Waals surface area contributed by atoms with Crippen LogP contribution in [-0.4, -0.2) is 22.1 Å². The molecule has 77 valence electrons. The van der Waals surface area contributed by atoms with Crippen molar-refractivity contribution in [3.8, 4) is 5.75 Å². The number of benzene rings is 1. The van der Waals surface area contributed by atoms with Crippen LogP contribution in [0.2, 0.25) is 0 Å². The number of ether oxygens (including phenoxy) is 1. The maximum absolute atomic E-state index is 11.4. The lowest BCUT2D eigenvalue weighted by Gasteiger charge is -2.04. The zero-order valence-corrected chi connectivity index (χ0v) is 8.67. The normalized spacial score (nSPS) is 11.3. The predicted molar refractivity (Wildman–Crippen MR) is 53.5 cm³/mol. The molecule has 0 amide bonds. The van der Waals surface area contributed by atoms with Crippen LogP contribution in [0.15, 0.2) is 29.2 Å². The van der Waals surface area contributed by atoms with E-state index in [4.69, 9.17) is 4.74 Å². The van der Waals surface area contributed by atoms with Gasteiger partial charge in [0.1, 0.15) is 5.75 Å². The van der Waals surface area contributed by atoms with Crippen LogP contribution in [0, 0.1) is 6.92 Å². The van der Waals surface area contributed by atoms with E-state index in [1.165, 1.54) is 19.2 Å². The number of rotatable bonds is 4. The fraction of sp³-hybridized carbons (Fsp3) is 0.222. The first-order chi connectivity index (χ1) is 6.60. The summed E-state index contributed by atoms with van der Waals surface area (Å²) in [5.74, 6) is 0.624. The highest BCUT2D eigenvalue weighted by Crippen LogP contribution is 2.14. The van der Waals surface area contributed by atoms with E-state index >= 15 is 0 Å². The van der Waals surface area contributed by atoms with Crippen LogP contribution in [0.1, 0.15) is 0 Å². The molecule has 14 heavy (non-hydrogen) atoms. The van der Waals surface area contributed by atoms with Crippen molar-refractivity contribution in [3.05, 3.63) is 31.2 Å². The van der Waals surface area contributed by atoms with Crippen molar-refractivity contribution < 1.29 is 13.2 Å². The molecule has 0 saturated carbocycles. The quantitative estimate of drug-likeness (QED) is 0.806. The van der Waals surface area contributed by atoms with Gasteiger partial charge in [-0.2, -0.15) is 0 Å². The highest BCUT2D eigenvalue weighted by molar-refractivity contribution is 7.89. The van der Waals surface area contributed by atoms with Crippen LogP contribution in [-0.2, 0) is 10.0 Å². The molecule has 1 aromatic rings. The van der Waals surface area contributed by atoms with Crippen molar-refractivity contribution >= 4 is 10.0 Å². The summed E-state index contributed by atoms with van der Waals surface area (Å²) in [6.45, 7) is 3.55. The number of nitrogens with one attached hydrogen (secondary N) is 1. The molecular formula is C9H12NO3S. The van der Waals surface area contributed by atoms with E-state index in [0.29, 0.717) is 5.75 Å². The topological polar surface area (TPSA) is 55.4 Å². The molecule has 0 fully saturated rings. The summed E-state index contributed by atoms with van der Waals surface area (Å²) < 4.78 is 30.1. The zero-order chi connectivity index (χ0) is 10.6. The van der Waals surface area contributed by atoms with Crippen molar-refractivity contribution in [1.29, 1.82) is 0 Å². The maximum atomic E-state index is 11.4. The lowest BCUT2D eigenvalue weighted by molar-refractivity contribution is 0.414. The highest BCUT2D eigenvalue weighted by Gasteiger charge is 2.11. The standard InChI is InChI=1S/C9H12NO3S/c1-3-10-14(11,12)9-6-4-8(13-2)5-7-9/h4-7,10H,1,3H2,2H3. The molecule has 0 unspecified atom stereocenters. The van der Waals surface area contributed by atoms with E-state index < -0.39 is 10.0 Å². The minimum Gasteiger partial charge on any atom is -0.497 e. The highest BCUT2D eigenvalue weighted by atomic mass is 32.2. The average Bonchev–Trinajstić information content (AvgIpc) is 2.18. The van der Waals surface area contributed by atoms with E-state index in [1.54, 1.807) is 12.1 Å². The van der Waals surface area contributed by atoms with E-state index in [-0.39, 0.29) is 11.4 Å². The molecule has 0 aliphatic heterocycles. The Balaban J connectivity index is 2.97. The molecule has 0 atom stereocenters. The van der Waals surface area contributed by atoms with Crippen LogP contribution in [0.25, 0.3) is 0 Å². The summed E-state index contributed by atoms with van der Waals surface area (Å²) in [4.78, 5) is 0.210. The number of methoxy groups -OCH3 is 1. The Morgan fingerprint density at radius 2 is 1.93 bits per heavy atom. The van der Waals surface area contributed by atoms with Gasteiger partial charge in [0, 0.05) is 6.54 Å². The lowest BCUT2D eigenvalue weighted by atomic mass is 10.3. The molecule has 0 aliphatic rings. The predicted octanol–water partition coefficient (Wildman–Crippen LogP) is 0.808. The molecule has 0 aliphatic carbocycles. The summed E-state index contributed by atoms with van der Waals surface area (Å²) in [5.41, 5.74) is 0. The van der Waals surface area contributed by atoms with Crippen molar-refractivity contribution in [2.75, 3.05) is 13.7 Å². The summed E-state index contributed by atoms with van der Waals surface area (Å²) in [6, 6.07) is 6.16. The summed E-state index contributed by atoms with van der Waals surface area (Å²) >= 11 is 0. The fourth-order valence-electron chi connectivity index (χ4n) is 0.973. The Hall–Kier alpha value is -1.07. The summed E-state index contributed by atoms with van der Waals surface area (Å²) in [6.07, 6.45) is 0. The van der Waals surface area contributed by atoms with Gasteiger partial charge in [-0.05, 0) is 31.2 Å². The third-order valence-electron chi connectivity index (χ3n) is 1.66. The third kappa shape index (κ3) is 2.46. The van der Waals surface area contributed by atoms with Crippen LogP contribution in [0.5, 0.6) is 5.75 Å². The Morgan fingerprint density at radius 1 is 1.36 bits per heavy atom. The second-order valence-electron chi connectivity index (χ2n) is 2.57. The van der Waals surface area contributed by atoms with Crippen molar-refractivity contribution in [2.45, 2.75) is 4.90 Å². The fourth-order valence-corrected chi connectivity index (χ4v) is 1.90. The molecule has 4 nitrogen and oxygen atoms in total. The maximum Gasteiger partial charge on any atom is 0.240 e. The van der Waals surface area contributed by atoms with Gasteiger partial charge in [-0.1, -0.05) is 0 Å². The first-order valence-electron chi connectivity index (χ1n) is 4.03. The molecule has 1 aromatic carbocycles. The van der Waals surface area contributed by atoms with Gasteiger partial charge in [-0.25, -0.2) is 13.1 Å². The second-order valence-corrected chi connectivity index (χ2v) is 4.34. The van der Waals surface area contributed by atoms with Gasteiger partial charge in [0.2, 0.25) is 10.0 Å². The molecule has 0 heterocycles. The molecule has 5 heteroatoms. The van der Waals surface area contributed by atoms with Crippen molar-refractivity contribution in [3.63, 3.8) is 0 Å². The first-order valence-corrected chi connectivity index (χ1v) is 5.51. The monoisotopic (exact) mass is 214 g/mol. The number of sulfonamides is 1. The molecule has 1 rings (SSSR count). The van der Waals surface area contributed by atoms with Crippen LogP contribution in [0.4, 0.5) is 0 Å². The van der Waals surface area contributed by atoms with Gasteiger partial charge < -0.3 is 4.74 Å². The third-order valence-corrected chi connectivity index (χ3v) is 3.14. The van der Waals surface area contributed by atoms with E-state index in [0.717, 1.165) is 0 Å². The average molecular weight is 214 g/mol. The first kappa shape index (κ1) is 11.0. The van der Waals surface area contributed by atoms with Crippen LogP contribution >= 0.6 is 0 Å². The van der Waals surface area contributed by atoms with Crippen molar-refractivity contribution in [2.24, 2.45) is 0 Å². The SMILES string of the molecule is [CH2]CNS(=O)(=O)c1ccc(OC)cc1. The Bertz CT molecular complexity index is 383. The van der Waals surface area contributed by atoms with Gasteiger partial charge in [-0.15, -0.1) is 0 Å². The largest absolute Gasteiger partial charge is 0.497 e. The Labute approximate surface area is 84.0 Å². The Kier molecular flexibility index (Phi) is 3.49. The Morgan fingerprint density at radius 3 is 2.36 bits per heavy atom. The lowest BCUT2D eigenvalue weighted by Crippen LogP contribution is -2.23. The van der Waals surface area contributed by atoms with Crippen LogP contribution in [0.3, 0.4) is 0 Å². The number of hydrogen-bond donors (Lipinski definition) is 1. The number of hydrogen-bond acceptors (Lipinski definition) is 3. The van der Waals surface area contributed by atoms with Gasteiger partial charge in [0.15, 0.2) is 0 Å². The van der Waals surface area contributed by atoms with E-state index in [1.807, 2.05) is 0 Å². The van der Waals surface area contributed by atoms with Gasteiger partial charge in [-0.3, -0.25) is 0 Å². The zero-order valence-electron chi connectivity index (χ0n) is 7.86. The van der Waals surface area contributed by atoms with Gasteiger partial charge >= 0.3 is 0 Å². The molecule has 1 N–H and O–H groups in total. The summed E-state index contributed by atoms with van der Waals surface area (Å²) in [5, 5.41) is 0. The van der Waals surface area contributed by atoms with E-state index in [2.05, 4.69) is 11.6 Å². The summed E-state index contributed by atoms with van der Waals surface area (Å²) in [7, 11) is -1.88. The minimum absolute atomic E-state index is 0.133. The van der Waals surface area contributed by atoms with Gasteiger partial charge in [0.25, 0.3) is 0 Å². The molecule has 1 radical (unpaired) electrons. The molecular weight excluding hydrogens is 202 g/mol.